The minimum Gasteiger partial charge on any atom is -0.488 e. The third-order valence-electron chi connectivity index (χ3n) is 4.95. The molecule has 2 heterocycles. The molecule has 0 saturated heterocycles. The molecule has 1 aromatic heterocycles. The topological polar surface area (TPSA) is 54.5 Å². The maximum atomic E-state index is 12.9. The average molecular weight is 428 g/mol. The molecule has 4 rings (SSSR count). The second-order valence-corrected chi connectivity index (χ2v) is 8.33. The molecule has 5 nitrogen and oxygen atoms in total. The van der Waals surface area contributed by atoms with E-state index >= 15 is 0 Å². The van der Waals surface area contributed by atoms with Gasteiger partial charge in [0.25, 0.3) is 5.91 Å². The zero-order chi connectivity index (χ0) is 20.2. The Balaban J connectivity index is 1.47. The van der Waals surface area contributed by atoms with Gasteiger partial charge < -0.3 is 4.74 Å². The first-order valence-corrected chi connectivity index (χ1v) is 10.8. The Kier molecular flexibility index (Phi) is 6.13. The number of amides is 1. The number of halogens is 1. The zero-order valence-electron chi connectivity index (χ0n) is 16.2. The fourth-order valence-electron chi connectivity index (χ4n) is 3.29. The van der Waals surface area contributed by atoms with E-state index in [9.17, 15) is 4.79 Å². The van der Waals surface area contributed by atoms with E-state index in [1.54, 1.807) is 23.5 Å². The highest BCUT2D eigenvalue weighted by Gasteiger charge is 2.21. The van der Waals surface area contributed by atoms with Crippen molar-refractivity contribution in [2.75, 3.05) is 18.4 Å². The molecule has 0 fully saturated rings. The highest BCUT2D eigenvalue weighted by atomic mass is 35.5. The predicted octanol–water partition coefficient (Wildman–Crippen LogP) is 5.01. The highest BCUT2D eigenvalue weighted by molar-refractivity contribution is 7.15. The normalized spacial score (nSPS) is 13.7. The number of rotatable bonds is 6. The molecule has 0 atom stereocenters. The number of benzene rings is 2. The van der Waals surface area contributed by atoms with Gasteiger partial charge in [-0.15, -0.1) is 11.3 Å². The monoisotopic (exact) mass is 427 g/mol. The van der Waals surface area contributed by atoms with Gasteiger partial charge in [-0.25, -0.2) is 4.98 Å². The molecular weight excluding hydrogens is 406 g/mol. The number of nitrogens with one attached hydrogen (secondary N) is 1. The maximum absolute atomic E-state index is 12.9. The number of nitrogens with zero attached hydrogens (tertiary/aromatic N) is 2. The molecule has 3 aromatic rings. The van der Waals surface area contributed by atoms with Gasteiger partial charge in [0.2, 0.25) is 0 Å². The molecule has 0 unspecified atom stereocenters. The van der Waals surface area contributed by atoms with Gasteiger partial charge in [0, 0.05) is 35.0 Å². The SMILES string of the molecule is CCN1CCc2nc(NC(=O)c3ccccc3OCc3ccccc3Cl)sc2C1. The Labute approximate surface area is 179 Å². The summed E-state index contributed by atoms with van der Waals surface area (Å²) in [7, 11) is 0. The van der Waals surface area contributed by atoms with Crippen LogP contribution < -0.4 is 10.1 Å². The van der Waals surface area contributed by atoms with Gasteiger partial charge in [-0.3, -0.25) is 15.0 Å². The quantitative estimate of drug-likeness (QED) is 0.601. The van der Waals surface area contributed by atoms with Crippen LogP contribution in [0, 0.1) is 0 Å². The number of anilines is 1. The van der Waals surface area contributed by atoms with E-state index in [2.05, 4.69) is 22.1 Å². The molecule has 1 amide bonds. The van der Waals surface area contributed by atoms with Crippen molar-refractivity contribution < 1.29 is 9.53 Å². The standard InChI is InChI=1S/C22H22ClN3O2S/c1-2-26-12-11-18-20(13-26)29-22(24-18)25-21(27)16-8-4-6-10-19(16)28-14-15-7-3-5-9-17(15)23/h3-10H,2,11-14H2,1H3,(H,24,25,27). The lowest BCUT2D eigenvalue weighted by Gasteiger charge is -2.23. The number of thiazole rings is 1. The molecule has 1 N–H and O–H groups in total. The molecule has 0 aliphatic carbocycles. The van der Waals surface area contributed by atoms with Crippen molar-refractivity contribution in [3.63, 3.8) is 0 Å². The maximum Gasteiger partial charge on any atom is 0.261 e. The molecule has 29 heavy (non-hydrogen) atoms. The predicted molar refractivity (Wildman–Crippen MR) is 117 cm³/mol. The summed E-state index contributed by atoms with van der Waals surface area (Å²) in [6, 6.07) is 14.7. The van der Waals surface area contributed by atoms with Crippen molar-refractivity contribution >= 4 is 34.0 Å². The highest BCUT2D eigenvalue weighted by Crippen LogP contribution is 2.29. The number of ether oxygens (including phenoxy) is 1. The molecule has 7 heteroatoms. The number of carbonyl (C=O) groups excluding carboxylic acids is 1. The van der Waals surface area contributed by atoms with Crippen LogP contribution in [-0.4, -0.2) is 28.9 Å². The summed E-state index contributed by atoms with van der Waals surface area (Å²) in [5.74, 6) is 0.293. The fourth-order valence-corrected chi connectivity index (χ4v) is 4.52. The van der Waals surface area contributed by atoms with Gasteiger partial charge in [0.1, 0.15) is 12.4 Å². The lowest BCUT2D eigenvalue weighted by Crippen LogP contribution is -2.29. The molecular formula is C22H22ClN3O2S. The number of para-hydroxylation sites is 1. The van der Waals surface area contributed by atoms with Gasteiger partial charge in [-0.2, -0.15) is 0 Å². The number of fused-ring (bicyclic) bond motifs is 1. The number of hydrogen-bond donors (Lipinski definition) is 1. The van der Waals surface area contributed by atoms with E-state index in [0.29, 0.717) is 28.1 Å². The molecule has 2 aromatic carbocycles. The first kappa shape index (κ1) is 19.9. The fraction of sp³-hybridized carbons (Fsp3) is 0.273. The minimum absolute atomic E-state index is 0.224. The van der Waals surface area contributed by atoms with E-state index < -0.39 is 0 Å². The summed E-state index contributed by atoms with van der Waals surface area (Å²) in [4.78, 5) is 21.1. The Bertz CT molecular complexity index is 1020. The minimum atomic E-state index is -0.224. The Morgan fingerprint density at radius 3 is 2.86 bits per heavy atom. The van der Waals surface area contributed by atoms with Gasteiger partial charge >= 0.3 is 0 Å². The Morgan fingerprint density at radius 2 is 2.03 bits per heavy atom. The molecule has 0 spiro atoms. The first-order valence-electron chi connectivity index (χ1n) is 9.61. The second-order valence-electron chi connectivity index (χ2n) is 6.84. The van der Waals surface area contributed by atoms with Crippen molar-refractivity contribution in [3.8, 4) is 5.75 Å². The summed E-state index contributed by atoms with van der Waals surface area (Å²) in [6.45, 7) is 5.39. The van der Waals surface area contributed by atoms with E-state index in [1.165, 1.54) is 4.88 Å². The number of likely N-dealkylation sites (N-methyl/N-ethyl adjacent to an activating group) is 1. The van der Waals surface area contributed by atoms with Crippen LogP contribution in [0.5, 0.6) is 5.75 Å². The van der Waals surface area contributed by atoms with Crippen molar-refractivity contribution in [2.45, 2.75) is 26.5 Å². The number of hydrogen-bond acceptors (Lipinski definition) is 5. The van der Waals surface area contributed by atoms with Crippen LogP contribution in [0.3, 0.4) is 0 Å². The molecule has 0 saturated carbocycles. The van der Waals surface area contributed by atoms with Crippen LogP contribution in [0.1, 0.15) is 33.4 Å². The van der Waals surface area contributed by atoms with Crippen molar-refractivity contribution in [1.82, 2.24) is 9.88 Å². The van der Waals surface area contributed by atoms with Gasteiger partial charge in [-0.05, 0) is 24.7 Å². The molecule has 1 aliphatic rings. The van der Waals surface area contributed by atoms with Crippen LogP contribution in [0.4, 0.5) is 5.13 Å². The summed E-state index contributed by atoms with van der Waals surface area (Å²) in [5.41, 5.74) is 2.44. The van der Waals surface area contributed by atoms with Gasteiger partial charge in [-0.1, -0.05) is 48.9 Å². The molecule has 0 radical (unpaired) electrons. The van der Waals surface area contributed by atoms with E-state index in [1.807, 2.05) is 36.4 Å². The lowest BCUT2D eigenvalue weighted by molar-refractivity contribution is 0.102. The van der Waals surface area contributed by atoms with Crippen LogP contribution in [-0.2, 0) is 19.6 Å². The van der Waals surface area contributed by atoms with Crippen LogP contribution in [0.25, 0.3) is 0 Å². The first-order chi connectivity index (χ1) is 14.1. The summed E-state index contributed by atoms with van der Waals surface area (Å²) < 4.78 is 5.90. The Morgan fingerprint density at radius 1 is 1.24 bits per heavy atom. The summed E-state index contributed by atoms with van der Waals surface area (Å²) >= 11 is 7.75. The van der Waals surface area contributed by atoms with Crippen molar-refractivity contribution in [2.24, 2.45) is 0 Å². The van der Waals surface area contributed by atoms with E-state index in [4.69, 9.17) is 16.3 Å². The van der Waals surface area contributed by atoms with Gasteiger partial charge in [0.05, 0.1) is 11.3 Å². The van der Waals surface area contributed by atoms with Crippen molar-refractivity contribution in [1.29, 1.82) is 0 Å². The lowest BCUT2D eigenvalue weighted by atomic mass is 10.2. The van der Waals surface area contributed by atoms with E-state index in [-0.39, 0.29) is 5.91 Å². The number of aromatic nitrogens is 1. The van der Waals surface area contributed by atoms with Crippen LogP contribution in [0.15, 0.2) is 48.5 Å². The third-order valence-corrected chi connectivity index (χ3v) is 6.32. The summed E-state index contributed by atoms with van der Waals surface area (Å²) in [6.07, 6.45) is 0.924. The van der Waals surface area contributed by atoms with Crippen molar-refractivity contribution in [3.05, 3.63) is 75.3 Å². The molecule has 0 bridgehead atoms. The Hall–Kier alpha value is -2.41. The third kappa shape index (κ3) is 4.61. The largest absolute Gasteiger partial charge is 0.488 e. The summed E-state index contributed by atoms with van der Waals surface area (Å²) in [5, 5.41) is 4.22. The average Bonchev–Trinajstić information content (AvgIpc) is 3.14. The van der Waals surface area contributed by atoms with Crippen LogP contribution in [0.2, 0.25) is 5.02 Å². The van der Waals surface area contributed by atoms with Gasteiger partial charge in [0.15, 0.2) is 5.13 Å². The molecule has 1 aliphatic heterocycles. The second kappa shape index (κ2) is 8.95. The smallest absolute Gasteiger partial charge is 0.261 e. The van der Waals surface area contributed by atoms with E-state index in [0.717, 1.165) is 37.3 Å². The number of carbonyl (C=O) groups is 1. The molecule has 150 valence electrons. The van der Waals surface area contributed by atoms with Crippen LogP contribution >= 0.6 is 22.9 Å². The zero-order valence-corrected chi connectivity index (χ0v) is 17.7.